The van der Waals surface area contributed by atoms with E-state index in [0.29, 0.717) is 0 Å². The highest BCUT2D eigenvalue weighted by Gasteiger charge is 1.97. The topological polar surface area (TPSA) is 0 Å². The molecular formula is C15H14. The Morgan fingerprint density at radius 2 is 1.93 bits per heavy atom. The molecule has 0 N–H and O–H groups in total. The molecule has 1 aliphatic carbocycles. The highest BCUT2D eigenvalue weighted by Crippen LogP contribution is 2.18. The summed E-state index contributed by atoms with van der Waals surface area (Å²) in [6.07, 6.45) is 11.6. The maximum atomic E-state index is 4.08. The Labute approximate surface area is 91.0 Å². The minimum Gasteiger partial charge on any atom is -0.0911 e. The second kappa shape index (κ2) is 4.61. The van der Waals surface area contributed by atoms with Crippen molar-refractivity contribution >= 4 is 5.57 Å². The van der Waals surface area contributed by atoms with E-state index in [1.807, 2.05) is 18.2 Å². The van der Waals surface area contributed by atoms with Gasteiger partial charge < -0.3 is 0 Å². The van der Waals surface area contributed by atoms with Crippen LogP contribution in [0.2, 0.25) is 0 Å². The largest absolute Gasteiger partial charge is 0.0911 e. The molecule has 0 atom stereocenters. The lowest BCUT2D eigenvalue weighted by Gasteiger charge is -2.04. The van der Waals surface area contributed by atoms with Gasteiger partial charge in [0.25, 0.3) is 0 Å². The van der Waals surface area contributed by atoms with Gasteiger partial charge in [-0.1, -0.05) is 67.3 Å². The van der Waals surface area contributed by atoms with Crippen LogP contribution < -0.4 is 0 Å². The van der Waals surface area contributed by atoms with E-state index >= 15 is 0 Å². The second-order valence-electron chi connectivity index (χ2n) is 3.60. The predicted octanol–water partition coefficient (Wildman–Crippen LogP) is 4.14. The third kappa shape index (κ3) is 2.57. The molecule has 15 heavy (non-hydrogen) atoms. The van der Waals surface area contributed by atoms with E-state index in [1.54, 1.807) is 0 Å². The Morgan fingerprint density at radius 1 is 1.13 bits per heavy atom. The van der Waals surface area contributed by atoms with E-state index in [4.69, 9.17) is 0 Å². The van der Waals surface area contributed by atoms with Crippen LogP contribution in [0.5, 0.6) is 0 Å². The highest BCUT2D eigenvalue weighted by molar-refractivity contribution is 5.73. The standard InChI is InChI=1S/C15H14/c1-13(15-10-6-3-7-11-15)12-14-8-4-2-5-9-14/h2-8,10-12H,1,9H2/b14-12+. The first-order valence-corrected chi connectivity index (χ1v) is 5.14. The van der Waals surface area contributed by atoms with Gasteiger partial charge in [-0.15, -0.1) is 0 Å². The molecule has 1 aromatic rings. The van der Waals surface area contributed by atoms with E-state index in [9.17, 15) is 0 Å². The number of benzene rings is 1. The lowest BCUT2D eigenvalue weighted by atomic mass is 10.0. The van der Waals surface area contributed by atoms with Crippen LogP contribution in [0.25, 0.3) is 5.57 Å². The Balaban J connectivity index is 2.17. The minimum atomic E-state index is 1.00. The fourth-order valence-corrected chi connectivity index (χ4v) is 1.60. The number of hydrogen-bond acceptors (Lipinski definition) is 0. The quantitative estimate of drug-likeness (QED) is 0.663. The first-order valence-electron chi connectivity index (χ1n) is 5.14. The van der Waals surface area contributed by atoms with E-state index in [1.165, 1.54) is 11.1 Å². The molecule has 0 saturated carbocycles. The summed E-state index contributed by atoms with van der Waals surface area (Å²) >= 11 is 0. The molecule has 0 heterocycles. The number of rotatable bonds is 2. The summed E-state index contributed by atoms with van der Waals surface area (Å²) < 4.78 is 0. The maximum absolute atomic E-state index is 4.08. The zero-order chi connectivity index (χ0) is 10.5. The molecule has 0 aromatic heterocycles. The van der Waals surface area contributed by atoms with Crippen LogP contribution in [0.15, 0.2) is 72.9 Å². The van der Waals surface area contributed by atoms with Gasteiger partial charge in [0.2, 0.25) is 0 Å². The molecule has 1 aromatic carbocycles. The fourth-order valence-electron chi connectivity index (χ4n) is 1.60. The van der Waals surface area contributed by atoms with Gasteiger partial charge in [-0.05, 0) is 23.1 Å². The molecule has 0 radical (unpaired) electrons. The van der Waals surface area contributed by atoms with Gasteiger partial charge in [0, 0.05) is 0 Å². The molecule has 74 valence electrons. The normalized spacial score (nSPS) is 16.9. The van der Waals surface area contributed by atoms with Crippen molar-refractivity contribution in [1.82, 2.24) is 0 Å². The fraction of sp³-hybridized carbons (Fsp3) is 0.0667. The first-order chi connectivity index (χ1) is 7.36. The third-order valence-corrected chi connectivity index (χ3v) is 2.42. The Bertz CT molecular complexity index is 430. The predicted molar refractivity (Wildman–Crippen MR) is 66.5 cm³/mol. The van der Waals surface area contributed by atoms with Crippen LogP contribution in [0.4, 0.5) is 0 Å². The first kappa shape index (κ1) is 9.72. The Morgan fingerprint density at radius 3 is 2.60 bits per heavy atom. The van der Waals surface area contributed by atoms with Crippen LogP contribution in [0, 0.1) is 0 Å². The van der Waals surface area contributed by atoms with Crippen LogP contribution >= 0.6 is 0 Å². The lowest BCUT2D eigenvalue weighted by molar-refractivity contribution is 1.26. The molecular weight excluding hydrogens is 180 g/mol. The van der Waals surface area contributed by atoms with Crippen molar-refractivity contribution < 1.29 is 0 Å². The SMILES string of the molecule is C=C(/C=C1\C=CC=CC1)c1ccccc1. The van der Waals surface area contributed by atoms with Crippen LogP contribution in [0.3, 0.4) is 0 Å². The molecule has 2 rings (SSSR count). The van der Waals surface area contributed by atoms with Crippen molar-refractivity contribution in [1.29, 1.82) is 0 Å². The summed E-state index contributed by atoms with van der Waals surface area (Å²) in [4.78, 5) is 0. The molecule has 1 aliphatic rings. The molecule has 0 saturated heterocycles. The van der Waals surface area contributed by atoms with Crippen LogP contribution in [0.1, 0.15) is 12.0 Å². The summed E-state index contributed by atoms with van der Waals surface area (Å²) in [5.41, 5.74) is 3.57. The third-order valence-electron chi connectivity index (χ3n) is 2.42. The maximum Gasteiger partial charge on any atom is -0.00941 e. The minimum absolute atomic E-state index is 1.00. The van der Waals surface area contributed by atoms with Gasteiger partial charge in [0.1, 0.15) is 0 Å². The molecule has 0 unspecified atom stereocenters. The average Bonchev–Trinajstić information content (AvgIpc) is 2.31. The van der Waals surface area contributed by atoms with Gasteiger partial charge in [-0.2, -0.15) is 0 Å². The molecule has 0 bridgehead atoms. The molecule has 0 nitrogen and oxygen atoms in total. The zero-order valence-corrected chi connectivity index (χ0v) is 8.69. The molecule has 0 heteroatoms. The van der Waals surface area contributed by atoms with E-state index in [2.05, 4.69) is 49.1 Å². The highest BCUT2D eigenvalue weighted by atomic mass is 14.0. The molecule has 0 aliphatic heterocycles. The summed E-state index contributed by atoms with van der Waals surface area (Å²) in [6.45, 7) is 4.08. The van der Waals surface area contributed by atoms with E-state index < -0.39 is 0 Å². The van der Waals surface area contributed by atoms with E-state index in [-0.39, 0.29) is 0 Å². The van der Waals surface area contributed by atoms with Gasteiger partial charge in [0.15, 0.2) is 0 Å². The smallest absolute Gasteiger partial charge is 0.00941 e. The van der Waals surface area contributed by atoms with Gasteiger partial charge in [-0.3, -0.25) is 0 Å². The monoisotopic (exact) mass is 194 g/mol. The van der Waals surface area contributed by atoms with Gasteiger partial charge in [0.05, 0.1) is 0 Å². The van der Waals surface area contributed by atoms with Crippen molar-refractivity contribution in [2.45, 2.75) is 6.42 Å². The van der Waals surface area contributed by atoms with Crippen molar-refractivity contribution in [3.63, 3.8) is 0 Å². The number of allylic oxidation sites excluding steroid dienone is 7. The van der Waals surface area contributed by atoms with E-state index in [0.717, 1.165) is 12.0 Å². The summed E-state index contributed by atoms with van der Waals surface area (Å²) in [7, 11) is 0. The lowest BCUT2D eigenvalue weighted by Crippen LogP contribution is -1.83. The summed E-state index contributed by atoms with van der Waals surface area (Å²) in [6, 6.07) is 10.3. The van der Waals surface area contributed by atoms with Crippen molar-refractivity contribution in [3.05, 3.63) is 78.4 Å². The van der Waals surface area contributed by atoms with Gasteiger partial charge >= 0.3 is 0 Å². The van der Waals surface area contributed by atoms with Crippen molar-refractivity contribution in [3.8, 4) is 0 Å². The Kier molecular flexibility index (Phi) is 2.99. The summed E-state index contributed by atoms with van der Waals surface area (Å²) in [5, 5.41) is 0. The molecule has 0 fully saturated rings. The number of hydrogen-bond donors (Lipinski definition) is 0. The van der Waals surface area contributed by atoms with Gasteiger partial charge in [-0.25, -0.2) is 0 Å². The van der Waals surface area contributed by atoms with Crippen molar-refractivity contribution in [2.24, 2.45) is 0 Å². The zero-order valence-electron chi connectivity index (χ0n) is 8.69. The summed E-state index contributed by atoms with van der Waals surface area (Å²) in [5.74, 6) is 0. The molecule has 0 amide bonds. The van der Waals surface area contributed by atoms with Crippen LogP contribution in [-0.4, -0.2) is 0 Å². The van der Waals surface area contributed by atoms with Crippen molar-refractivity contribution in [2.75, 3.05) is 0 Å². The second-order valence-corrected chi connectivity index (χ2v) is 3.60. The Hall–Kier alpha value is -1.82. The average molecular weight is 194 g/mol. The molecule has 0 spiro atoms. The van der Waals surface area contributed by atoms with Crippen LogP contribution in [-0.2, 0) is 0 Å².